The van der Waals surface area contributed by atoms with E-state index in [1.165, 1.54) is 12.1 Å². The molecule has 0 unspecified atom stereocenters. The fourth-order valence-electron chi connectivity index (χ4n) is 1.84. The zero-order valence-corrected chi connectivity index (χ0v) is 13.3. The first-order valence-corrected chi connectivity index (χ1v) is 6.99. The highest BCUT2D eigenvalue weighted by Gasteiger charge is 2.15. The van der Waals surface area contributed by atoms with E-state index in [2.05, 4.69) is 20.9 Å². The minimum Gasteiger partial charge on any atom is -0.435 e. The van der Waals surface area contributed by atoms with Crippen LogP contribution in [0.1, 0.15) is 16.8 Å². The molecule has 0 aliphatic rings. The van der Waals surface area contributed by atoms with Gasteiger partial charge in [0.15, 0.2) is 11.6 Å². The van der Waals surface area contributed by atoms with Crippen molar-refractivity contribution in [2.75, 3.05) is 0 Å². The lowest BCUT2D eigenvalue weighted by Crippen LogP contribution is -2.14. The van der Waals surface area contributed by atoms with Gasteiger partial charge in [0.05, 0.1) is 5.56 Å². The van der Waals surface area contributed by atoms with Crippen molar-refractivity contribution in [3.05, 3.63) is 51.4 Å². The smallest absolute Gasteiger partial charge is 0.230 e. The third-order valence-corrected chi connectivity index (χ3v) is 3.36. The van der Waals surface area contributed by atoms with Crippen LogP contribution in [0.25, 0.3) is 0 Å². The van der Waals surface area contributed by atoms with E-state index in [9.17, 15) is 4.39 Å². The molecular weight excluding hydrogens is 343 g/mol. The molecule has 2 aromatic rings. The predicted molar refractivity (Wildman–Crippen MR) is 83.8 cm³/mol. The van der Waals surface area contributed by atoms with E-state index >= 15 is 0 Å². The van der Waals surface area contributed by atoms with Gasteiger partial charge >= 0.3 is 0 Å². The first-order chi connectivity index (χ1) is 9.38. The van der Waals surface area contributed by atoms with Gasteiger partial charge in [-0.25, -0.2) is 9.37 Å². The first-order valence-electron chi connectivity index (χ1n) is 5.79. The number of ether oxygens (including phenoxy) is 1. The van der Waals surface area contributed by atoms with Crippen LogP contribution in [0, 0.1) is 19.7 Å². The van der Waals surface area contributed by atoms with Gasteiger partial charge in [-0.15, -0.1) is 0 Å². The molecule has 0 aliphatic carbocycles. The second-order valence-corrected chi connectivity index (χ2v) is 5.66. The Labute approximate surface area is 130 Å². The molecule has 0 fully saturated rings. The van der Waals surface area contributed by atoms with Crippen molar-refractivity contribution in [1.29, 1.82) is 0 Å². The van der Waals surface area contributed by atoms with Gasteiger partial charge in [0, 0.05) is 10.2 Å². The molecule has 0 radical (unpaired) electrons. The fourth-order valence-corrected chi connectivity index (χ4v) is 2.42. The summed E-state index contributed by atoms with van der Waals surface area (Å²) in [4.78, 5) is 4.42. The van der Waals surface area contributed by atoms with Gasteiger partial charge in [-0.3, -0.25) is 0 Å². The number of hydrogen-bond donors (Lipinski definition) is 1. The molecule has 0 bridgehead atoms. The Morgan fingerprint density at radius 1 is 1.35 bits per heavy atom. The van der Waals surface area contributed by atoms with Crippen LogP contribution >= 0.6 is 28.1 Å². The summed E-state index contributed by atoms with van der Waals surface area (Å²) in [5.74, 6) is -0.204. The van der Waals surface area contributed by atoms with E-state index in [4.69, 9.17) is 22.7 Å². The summed E-state index contributed by atoms with van der Waals surface area (Å²) in [5, 5.41) is 0. The standard InChI is InChI=1S/C14H12BrFN2OS/c1-7-5-8(2)18-14(12(7)13(17)20)19-11-6-9(15)3-4-10(11)16/h3-6H,1-2H3,(H2,17,20). The van der Waals surface area contributed by atoms with Crippen molar-refractivity contribution in [3.8, 4) is 11.6 Å². The second kappa shape index (κ2) is 5.85. The largest absolute Gasteiger partial charge is 0.435 e. The lowest BCUT2D eigenvalue weighted by molar-refractivity contribution is 0.425. The molecule has 0 saturated carbocycles. The molecule has 104 valence electrons. The number of hydrogen-bond acceptors (Lipinski definition) is 3. The van der Waals surface area contributed by atoms with Crippen LogP contribution in [0.3, 0.4) is 0 Å². The van der Waals surface area contributed by atoms with E-state index in [-0.39, 0.29) is 16.6 Å². The number of nitrogens with two attached hydrogens (primary N) is 1. The summed E-state index contributed by atoms with van der Waals surface area (Å²) >= 11 is 8.28. The van der Waals surface area contributed by atoms with Crippen LogP contribution in [0.15, 0.2) is 28.7 Å². The van der Waals surface area contributed by atoms with Gasteiger partial charge in [0.1, 0.15) is 4.99 Å². The van der Waals surface area contributed by atoms with Crippen LogP contribution in [-0.4, -0.2) is 9.97 Å². The molecule has 0 atom stereocenters. The molecule has 2 rings (SSSR count). The van der Waals surface area contributed by atoms with Crippen LogP contribution < -0.4 is 10.5 Å². The van der Waals surface area contributed by atoms with Crippen molar-refractivity contribution in [2.24, 2.45) is 5.73 Å². The zero-order chi connectivity index (χ0) is 14.9. The Balaban J connectivity index is 2.53. The van der Waals surface area contributed by atoms with Gasteiger partial charge in [-0.05, 0) is 43.7 Å². The Bertz CT molecular complexity index is 691. The summed E-state index contributed by atoms with van der Waals surface area (Å²) < 4.78 is 20.0. The Morgan fingerprint density at radius 3 is 2.70 bits per heavy atom. The number of nitrogens with zero attached hydrogens (tertiary/aromatic N) is 1. The average Bonchev–Trinajstić information content (AvgIpc) is 2.32. The van der Waals surface area contributed by atoms with Crippen LogP contribution in [0.4, 0.5) is 4.39 Å². The lowest BCUT2D eigenvalue weighted by atomic mass is 10.1. The molecule has 3 nitrogen and oxygen atoms in total. The molecule has 1 heterocycles. The van der Waals surface area contributed by atoms with Crippen molar-refractivity contribution >= 4 is 33.1 Å². The first kappa shape index (κ1) is 14.9. The minimum atomic E-state index is -0.483. The van der Waals surface area contributed by atoms with E-state index in [0.29, 0.717) is 10.0 Å². The average molecular weight is 355 g/mol. The van der Waals surface area contributed by atoms with Crippen LogP contribution in [0.2, 0.25) is 0 Å². The summed E-state index contributed by atoms with van der Waals surface area (Å²) in [6.07, 6.45) is 0. The number of rotatable bonds is 3. The maximum atomic E-state index is 13.8. The SMILES string of the molecule is Cc1cc(C)c(C(N)=S)c(Oc2cc(Br)ccc2F)n1. The van der Waals surface area contributed by atoms with E-state index < -0.39 is 5.82 Å². The topological polar surface area (TPSA) is 48.1 Å². The van der Waals surface area contributed by atoms with E-state index in [1.54, 1.807) is 6.07 Å². The molecule has 2 N–H and O–H groups in total. The van der Waals surface area contributed by atoms with E-state index in [1.807, 2.05) is 19.9 Å². The molecular formula is C14H12BrFN2OS. The van der Waals surface area contributed by atoms with Gasteiger partial charge in [0.25, 0.3) is 0 Å². The predicted octanol–water partition coefficient (Wildman–Crippen LogP) is 4.03. The summed E-state index contributed by atoms with van der Waals surface area (Å²) in [5.41, 5.74) is 7.80. The molecule has 0 saturated heterocycles. The summed E-state index contributed by atoms with van der Waals surface area (Å²) in [6.45, 7) is 3.67. The monoisotopic (exact) mass is 354 g/mol. The molecule has 0 spiro atoms. The highest BCUT2D eigenvalue weighted by atomic mass is 79.9. The van der Waals surface area contributed by atoms with Crippen molar-refractivity contribution < 1.29 is 9.13 Å². The molecule has 1 aromatic heterocycles. The van der Waals surface area contributed by atoms with Crippen molar-refractivity contribution in [2.45, 2.75) is 13.8 Å². The molecule has 20 heavy (non-hydrogen) atoms. The number of aryl methyl sites for hydroxylation is 2. The fraction of sp³-hybridized carbons (Fsp3) is 0.143. The number of halogens is 2. The Morgan fingerprint density at radius 2 is 2.05 bits per heavy atom. The van der Waals surface area contributed by atoms with Gasteiger partial charge < -0.3 is 10.5 Å². The molecule has 6 heteroatoms. The highest BCUT2D eigenvalue weighted by molar-refractivity contribution is 9.10. The zero-order valence-electron chi connectivity index (χ0n) is 10.9. The Kier molecular flexibility index (Phi) is 4.35. The van der Waals surface area contributed by atoms with Crippen LogP contribution in [-0.2, 0) is 0 Å². The molecule has 1 aromatic carbocycles. The summed E-state index contributed by atoms with van der Waals surface area (Å²) in [6, 6.07) is 6.27. The highest BCUT2D eigenvalue weighted by Crippen LogP contribution is 2.30. The van der Waals surface area contributed by atoms with Gasteiger partial charge in [0.2, 0.25) is 5.88 Å². The van der Waals surface area contributed by atoms with Crippen molar-refractivity contribution in [3.63, 3.8) is 0 Å². The van der Waals surface area contributed by atoms with Crippen molar-refractivity contribution in [1.82, 2.24) is 4.98 Å². The maximum absolute atomic E-state index is 13.8. The Hall–Kier alpha value is -1.53. The number of aromatic nitrogens is 1. The number of benzene rings is 1. The third kappa shape index (κ3) is 3.13. The van der Waals surface area contributed by atoms with Crippen LogP contribution in [0.5, 0.6) is 11.6 Å². The minimum absolute atomic E-state index is 0.0642. The summed E-state index contributed by atoms with van der Waals surface area (Å²) in [7, 11) is 0. The van der Waals surface area contributed by atoms with E-state index in [0.717, 1.165) is 11.3 Å². The normalized spacial score (nSPS) is 10.4. The quantitative estimate of drug-likeness (QED) is 0.845. The molecule has 0 aliphatic heterocycles. The second-order valence-electron chi connectivity index (χ2n) is 4.30. The molecule has 0 amide bonds. The maximum Gasteiger partial charge on any atom is 0.230 e. The number of thiocarbonyl (C=S) groups is 1. The number of pyridine rings is 1. The lowest BCUT2D eigenvalue weighted by Gasteiger charge is -2.13. The van der Waals surface area contributed by atoms with Gasteiger partial charge in [-0.2, -0.15) is 0 Å². The van der Waals surface area contributed by atoms with Gasteiger partial charge in [-0.1, -0.05) is 28.1 Å². The third-order valence-electron chi connectivity index (χ3n) is 2.66.